The van der Waals surface area contributed by atoms with E-state index in [0.717, 1.165) is 78.3 Å². The monoisotopic (exact) mass is 598 g/mol. The van der Waals surface area contributed by atoms with Gasteiger partial charge in [-0.1, -0.05) is 20.8 Å². The van der Waals surface area contributed by atoms with Crippen LogP contribution in [0.2, 0.25) is 18.1 Å². The standard InChI is InChI=1S/C34H42N4O4Si/c1-33(2,3)43(4,5)42-34(17-18-34)31-27-15-20-37(25-11-9-24(10-12-25)36-19-7-6-8-29(36)39)32(40)30(27)38(35-31)26-13-14-28-23(22-26)16-21-41-28/h9-14,22H,6-8,15-21H2,1-5H3. The topological polar surface area (TPSA) is 76.9 Å². The van der Waals surface area contributed by atoms with Crippen LogP contribution in [-0.4, -0.2) is 49.6 Å². The Morgan fingerprint density at radius 3 is 2.26 bits per heavy atom. The number of piperidine rings is 1. The summed E-state index contributed by atoms with van der Waals surface area (Å²) in [5.74, 6) is 1.02. The van der Waals surface area contributed by atoms with Crippen molar-refractivity contribution in [2.45, 2.75) is 89.5 Å². The molecule has 3 aliphatic heterocycles. The van der Waals surface area contributed by atoms with Gasteiger partial charge in [-0.15, -0.1) is 0 Å². The highest BCUT2D eigenvalue weighted by atomic mass is 28.4. The van der Waals surface area contributed by atoms with Gasteiger partial charge in [0.1, 0.15) is 17.0 Å². The van der Waals surface area contributed by atoms with Crippen molar-refractivity contribution >= 4 is 31.5 Å². The summed E-state index contributed by atoms with van der Waals surface area (Å²) in [7, 11) is -2.09. The maximum Gasteiger partial charge on any atom is 0.277 e. The molecule has 4 heterocycles. The fraction of sp³-hybridized carbons (Fsp3) is 0.500. The lowest BCUT2D eigenvalue weighted by Gasteiger charge is -2.39. The minimum absolute atomic E-state index is 0.0540. The highest BCUT2D eigenvalue weighted by Gasteiger charge is 2.56. The van der Waals surface area contributed by atoms with E-state index in [1.807, 2.05) is 50.9 Å². The minimum atomic E-state index is -2.09. The van der Waals surface area contributed by atoms with Crippen LogP contribution in [0.25, 0.3) is 5.69 Å². The summed E-state index contributed by atoms with van der Waals surface area (Å²) in [6.07, 6.45) is 5.97. The summed E-state index contributed by atoms with van der Waals surface area (Å²) in [6, 6.07) is 14.0. The van der Waals surface area contributed by atoms with Crippen molar-refractivity contribution in [2.75, 3.05) is 29.5 Å². The fourth-order valence-electron chi connectivity index (χ4n) is 6.50. The van der Waals surface area contributed by atoms with Gasteiger partial charge in [-0.2, -0.15) is 5.10 Å². The second kappa shape index (κ2) is 10.1. The third-order valence-corrected chi connectivity index (χ3v) is 14.6. The highest BCUT2D eigenvalue weighted by Crippen LogP contribution is 2.55. The van der Waals surface area contributed by atoms with Gasteiger partial charge < -0.3 is 19.0 Å². The van der Waals surface area contributed by atoms with E-state index in [9.17, 15) is 9.59 Å². The first-order chi connectivity index (χ1) is 20.5. The van der Waals surface area contributed by atoms with Crippen LogP contribution < -0.4 is 14.5 Å². The van der Waals surface area contributed by atoms with Crippen molar-refractivity contribution in [3.8, 4) is 11.4 Å². The van der Waals surface area contributed by atoms with Gasteiger partial charge in [0.25, 0.3) is 5.91 Å². The molecule has 2 aromatic carbocycles. The first kappa shape index (κ1) is 28.3. The lowest BCUT2D eigenvalue weighted by Crippen LogP contribution is -2.44. The average molecular weight is 599 g/mol. The molecule has 7 rings (SSSR count). The van der Waals surface area contributed by atoms with Gasteiger partial charge >= 0.3 is 0 Å². The van der Waals surface area contributed by atoms with Crippen molar-refractivity contribution in [3.63, 3.8) is 0 Å². The number of hydrogen-bond acceptors (Lipinski definition) is 5. The number of carbonyl (C=O) groups is 2. The smallest absolute Gasteiger partial charge is 0.277 e. The molecule has 9 heteroatoms. The fourth-order valence-corrected chi connectivity index (χ4v) is 8.08. The van der Waals surface area contributed by atoms with Crippen LogP contribution in [0.4, 0.5) is 11.4 Å². The quantitative estimate of drug-likeness (QED) is 0.301. The predicted octanol–water partition coefficient (Wildman–Crippen LogP) is 6.54. The Hall–Kier alpha value is -3.43. The molecule has 4 aliphatic rings. The molecule has 0 spiro atoms. The Labute approximate surface area is 255 Å². The Morgan fingerprint density at radius 2 is 1.58 bits per heavy atom. The van der Waals surface area contributed by atoms with Crippen molar-refractivity contribution in [1.29, 1.82) is 0 Å². The molecule has 2 fully saturated rings. The molecule has 2 amide bonds. The molecule has 226 valence electrons. The number of anilines is 2. The first-order valence-electron chi connectivity index (χ1n) is 15.8. The molecule has 1 aromatic heterocycles. The molecule has 0 bridgehead atoms. The summed E-state index contributed by atoms with van der Waals surface area (Å²) in [6.45, 7) is 13.4. The number of rotatable bonds is 6. The number of hydrogen-bond donors (Lipinski definition) is 0. The number of ether oxygens (including phenoxy) is 1. The van der Waals surface area contributed by atoms with Crippen molar-refractivity contribution in [2.24, 2.45) is 0 Å². The second-order valence-electron chi connectivity index (χ2n) is 14.1. The maximum absolute atomic E-state index is 14.4. The molecule has 0 radical (unpaired) electrons. The van der Waals surface area contributed by atoms with Crippen LogP contribution in [0.15, 0.2) is 42.5 Å². The van der Waals surface area contributed by atoms with Gasteiger partial charge in [0, 0.05) is 42.9 Å². The minimum Gasteiger partial charge on any atom is -0.493 e. The Balaban J connectivity index is 1.27. The SMILES string of the molecule is CC(C)(C)[Si](C)(C)OC1(c2nn(-c3ccc4c(c3)CCO4)c3c2CCN(c2ccc(N4CCCCC4=O)cc2)C3=O)CC1. The van der Waals surface area contributed by atoms with E-state index >= 15 is 0 Å². The summed E-state index contributed by atoms with van der Waals surface area (Å²) in [5.41, 5.74) is 5.91. The van der Waals surface area contributed by atoms with E-state index in [-0.39, 0.29) is 16.9 Å². The van der Waals surface area contributed by atoms with E-state index in [4.69, 9.17) is 14.3 Å². The zero-order valence-electron chi connectivity index (χ0n) is 26.0. The van der Waals surface area contributed by atoms with E-state index < -0.39 is 13.9 Å². The summed E-state index contributed by atoms with van der Waals surface area (Å²) < 4.78 is 14.7. The molecule has 0 N–H and O–H groups in total. The highest BCUT2D eigenvalue weighted by molar-refractivity contribution is 6.74. The van der Waals surface area contributed by atoms with Crippen LogP contribution in [-0.2, 0) is 27.7 Å². The zero-order valence-corrected chi connectivity index (χ0v) is 27.0. The second-order valence-corrected chi connectivity index (χ2v) is 18.8. The molecule has 1 saturated carbocycles. The molecule has 1 aliphatic carbocycles. The van der Waals surface area contributed by atoms with Gasteiger partial charge in [0.2, 0.25) is 5.91 Å². The lowest BCUT2D eigenvalue weighted by molar-refractivity contribution is -0.119. The number of fused-ring (bicyclic) bond motifs is 2. The Bertz CT molecular complexity index is 1600. The third kappa shape index (κ3) is 4.81. The molecule has 3 aromatic rings. The van der Waals surface area contributed by atoms with E-state index in [1.54, 1.807) is 0 Å². The molecule has 0 unspecified atom stereocenters. The van der Waals surface area contributed by atoms with Crippen molar-refractivity contribution < 1.29 is 18.8 Å². The van der Waals surface area contributed by atoms with Crippen LogP contribution in [0.5, 0.6) is 5.75 Å². The predicted molar refractivity (Wildman–Crippen MR) is 170 cm³/mol. The molecular formula is C34H42N4O4Si. The van der Waals surface area contributed by atoms with Gasteiger partial charge in [-0.3, -0.25) is 9.59 Å². The summed E-state index contributed by atoms with van der Waals surface area (Å²) in [4.78, 5) is 30.6. The third-order valence-electron chi connectivity index (χ3n) is 10.1. The molecule has 43 heavy (non-hydrogen) atoms. The summed E-state index contributed by atoms with van der Waals surface area (Å²) >= 11 is 0. The lowest BCUT2D eigenvalue weighted by atomic mass is 9.99. The molecule has 0 atom stereocenters. The van der Waals surface area contributed by atoms with Gasteiger partial charge in [0.15, 0.2) is 8.32 Å². The Morgan fingerprint density at radius 1 is 0.884 bits per heavy atom. The van der Waals surface area contributed by atoms with E-state index in [1.165, 1.54) is 0 Å². The van der Waals surface area contributed by atoms with Crippen molar-refractivity contribution in [3.05, 3.63) is 65.0 Å². The van der Waals surface area contributed by atoms with Crippen LogP contribution in [0.3, 0.4) is 0 Å². The average Bonchev–Trinajstić information content (AvgIpc) is 3.39. The first-order valence-corrected chi connectivity index (χ1v) is 18.7. The molecule has 8 nitrogen and oxygen atoms in total. The number of aromatic nitrogens is 2. The van der Waals surface area contributed by atoms with Crippen LogP contribution in [0.1, 0.15) is 80.2 Å². The largest absolute Gasteiger partial charge is 0.493 e. The van der Waals surface area contributed by atoms with Crippen LogP contribution >= 0.6 is 0 Å². The number of carbonyl (C=O) groups excluding carboxylic acids is 2. The normalized spacial score (nSPS) is 19.7. The Kier molecular flexibility index (Phi) is 6.63. The molecular weight excluding hydrogens is 556 g/mol. The molecule has 1 saturated heterocycles. The summed E-state index contributed by atoms with van der Waals surface area (Å²) in [5, 5.41) is 5.30. The van der Waals surface area contributed by atoms with Gasteiger partial charge in [0.05, 0.1) is 18.0 Å². The van der Waals surface area contributed by atoms with E-state index in [0.29, 0.717) is 31.7 Å². The number of benzene rings is 2. The van der Waals surface area contributed by atoms with Crippen LogP contribution in [0, 0.1) is 0 Å². The van der Waals surface area contributed by atoms with E-state index in [2.05, 4.69) is 39.9 Å². The maximum atomic E-state index is 14.4. The number of nitrogens with zero attached hydrogens (tertiary/aromatic N) is 4. The van der Waals surface area contributed by atoms with Gasteiger partial charge in [-0.05, 0) is 98.3 Å². The van der Waals surface area contributed by atoms with Gasteiger partial charge in [-0.25, -0.2) is 4.68 Å². The zero-order chi connectivity index (χ0) is 30.1. The van der Waals surface area contributed by atoms with Crippen molar-refractivity contribution in [1.82, 2.24) is 9.78 Å². The number of amides is 2.